The van der Waals surface area contributed by atoms with Gasteiger partial charge in [-0.15, -0.1) is 0 Å². The molecule has 0 heterocycles. The van der Waals surface area contributed by atoms with E-state index in [4.69, 9.17) is 11.6 Å². The molecule has 0 aliphatic heterocycles. The fourth-order valence-electron chi connectivity index (χ4n) is 0.946. The maximum Gasteiger partial charge on any atom is 0.501 e. The Morgan fingerprint density at radius 1 is 1.29 bits per heavy atom. The lowest BCUT2D eigenvalue weighted by Gasteiger charge is -2.08. The molecule has 94 valence electrons. The monoisotopic (exact) mass is 289 g/mol. The number of alkyl halides is 3. The summed E-state index contributed by atoms with van der Waals surface area (Å²) in [5.41, 5.74) is -6.11. The number of halogens is 4. The molecule has 0 saturated heterocycles. The van der Waals surface area contributed by atoms with E-state index in [1.807, 2.05) is 0 Å². The minimum atomic E-state index is -5.60. The highest BCUT2D eigenvalue weighted by Gasteiger charge is 2.48. The lowest BCUT2D eigenvalue weighted by atomic mass is 10.3. The number of sulfone groups is 1. The summed E-state index contributed by atoms with van der Waals surface area (Å²) in [6.07, 6.45) is 0. The van der Waals surface area contributed by atoms with Gasteiger partial charge >= 0.3 is 5.51 Å². The van der Waals surface area contributed by atoms with Crippen LogP contribution in [0.25, 0.3) is 0 Å². The second kappa shape index (κ2) is 4.15. The van der Waals surface area contributed by atoms with Crippen LogP contribution in [0.15, 0.2) is 23.1 Å². The number of non-ortho nitro benzene ring substituents is 1. The van der Waals surface area contributed by atoms with E-state index >= 15 is 0 Å². The van der Waals surface area contributed by atoms with Crippen LogP contribution in [0.3, 0.4) is 0 Å². The van der Waals surface area contributed by atoms with Gasteiger partial charge in [0.2, 0.25) is 0 Å². The SMILES string of the molecule is O=[N+]([O-])c1ccc(S(=O)(=O)C(F)(F)F)c(Cl)c1. The van der Waals surface area contributed by atoms with E-state index in [0.29, 0.717) is 18.2 Å². The van der Waals surface area contributed by atoms with Gasteiger partial charge < -0.3 is 0 Å². The van der Waals surface area contributed by atoms with Crippen LogP contribution < -0.4 is 0 Å². The number of nitrogens with zero attached hydrogens (tertiary/aromatic N) is 1. The van der Waals surface area contributed by atoms with Crippen LogP contribution in [-0.2, 0) is 9.84 Å². The largest absolute Gasteiger partial charge is 0.501 e. The minimum Gasteiger partial charge on any atom is -0.258 e. The average Bonchev–Trinajstić information content (AvgIpc) is 2.15. The van der Waals surface area contributed by atoms with E-state index in [1.165, 1.54) is 0 Å². The third kappa shape index (κ3) is 2.50. The van der Waals surface area contributed by atoms with Crippen molar-refractivity contribution in [2.45, 2.75) is 10.4 Å². The van der Waals surface area contributed by atoms with Crippen LogP contribution in [0.1, 0.15) is 0 Å². The number of rotatable bonds is 2. The van der Waals surface area contributed by atoms with E-state index in [2.05, 4.69) is 0 Å². The zero-order valence-corrected chi connectivity index (χ0v) is 9.30. The Morgan fingerprint density at radius 3 is 2.18 bits per heavy atom. The first-order valence-corrected chi connectivity index (χ1v) is 5.69. The molecule has 0 aliphatic rings. The van der Waals surface area contributed by atoms with E-state index < -0.39 is 35.9 Å². The van der Waals surface area contributed by atoms with Crippen molar-refractivity contribution in [2.24, 2.45) is 0 Å². The van der Waals surface area contributed by atoms with Crippen molar-refractivity contribution in [2.75, 3.05) is 0 Å². The van der Waals surface area contributed by atoms with E-state index in [9.17, 15) is 31.7 Å². The standard InChI is InChI=1S/C7H3ClF3NO4S/c8-5-3-4(12(13)14)1-2-6(5)17(15,16)7(9,10)11/h1-3H. The Labute approximate surface area is 97.9 Å². The molecule has 0 N–H and O–H groups in total. The summed E-state index contributed by atoms with van der Waals surface area (Å²) in [5, 5.41) is 9.44. The van der Waals surface area contributed by atoms with Crippen LogP contribution in [0.4, 0.5) is 18.9 Å². The number of benzene rings is 1. The molecule has 1 aromatic rings. The van der Waals surface area contributed by atoms with Crippen molar-refractivity contribution in [1.29, 1.82) is 0 Å². The van der Waals surface area contributed by atoms with Crippen LogP contribution in [0, 0.1) is 10.1 Å². The van der Waals surface area contributed by atoms with Crippen molar-refractivity contribution in [3.8, 4) is 0 Å². The van der Waals surface area contributed by atoms with Gasteiger partial charge in [-0.05, 0) is 6.07 Å². The second-order valence-electron chi connectivity index (χ2n) is 2.82. The molecule has 0 aromatic heterocycles. The highest BCUT2D eigenvalue weighted by atomic mass is 35.5. The molecule has 0 bridgehead atoms. The lowest BCUT2D eigenvalue weighted by Crippen LogP contribution is -2.23. The lowest BCUT2D eigenvalue weighted by molar-refractivity contribution is -0.384. The molecule has 0 amide bonds. The molecular weight excluding hydrogens is 287 g/mol. The van der Waals surface area contributed by atoms with Crippen molar-refractivity contribution < 1.29 is 26.5 Å². The number of nitro groups is 1. The maximum absolute atomic E-state index is 12.2. The minimum absolute atomic E-state index is 0.448. The van der Waals surface area contributed by atoms with Crippen LogP contribution in [0.2, 0.25) is 5.02 Å². The summed E-state index contributed by atoms with van der Waals surface area (Å²) >= 11 is 5.28. The van der Waals surface area contributed by atoms with Gasteiger partial charge in [-0.25, -0.2) is 8.42 Å². The van der Waals surface area contributed by atoms with Crippen molar-refractivity contribution in [3.05, 3.63) is 33.3 Å². The summed E-state index contributed by atoms with van der Waals surface area (Å²) in [7, 11) is -5.60. The van der Waals surface area contributed by atoms with Crippen LogP contribution in [-0.4, -0.2) is 18.8 Å². The molecule has 5 nitrogen and oxygen atoms in total. The van der Waals surface area contributed by atoms with E-state index in [0.717, 1.165) is 0 Å². The molecule has 0 saturated carbocycles. The molecule has 17 heavy (non-hydrogen) atoms. The molecule has 10 heteroatoms. The summed E-state index contributed by atoms with van der Waals surface area (Å²) < 4.78 is 58.5. The van der Waals surface area contributed by atoms with Gasteiger partial charge in [0.25, 0.3) is 15.5 Å². The average molecular weight is 290 g/mol. The second-order valence-corrected chi connectivity index (χ2v) is 5.14. The molecule has 0 atom stereocenters. The highest BCUT2D eigenvalue weighted by Crippen LogP contribution is 2.35. The molecular formula is C7H3ClF3NO4S. The molecule has 0 unspecified atom stereocenters. The zero-order valence-electron chi connectivity index (χ0n) is 7.73. The van der Waals surface area contributed by atoms with Crippen LogP contribution in [0.5, 0.6) is 0 Å². The zero-order chi connectivity index (χ0) is 13.4. The molecule has 1 rings (SSSR count). The summed E-state index contributed by atoms with van der Waals surface area (Å²) in [6.45, 7) is 0. The Kier molecular flexibility index (Phi) is 3.35. The maximum atomic E-state index is 12.2. The normalized spacial score (nSPS) is 12.5. The van der Waals surface area contributed by atoms with Crippen molar-refractivity contribution in [3.63, 3.8) is 0 Å². The molecule has 0 spiro atoms. The Hall–Kier alpha value is -1.35. The van der Waals surface area contributed by atoms with Gasteiger partial charge in [-0.3, -0.25) is 10.1 Å². The summed E-state index contributed by atoms with van der Waals surface area (Å²) in [6, 6.07) is 1.62. The van der Waals surface area contributed by atoms with Gasteiger partial charge in [0.05, 0.1) is 14.8 Å². The van der Waals surface area contributed by atoms with E-state index in [1.54, 1.807) is 0 Å². The summed E-state index contributed by atoms with van der Waals surface area (Å²) in [4.78, 5) is 8.17. The Balaban J connectivity index is 3.42. The molecule has 0 aliphatic carbocycles. The van der Waals surface area contributed by atoms with E-state index in [-0.39, 0.29) is 0 Å². The molecule has 0 radical (unpaired) electrons. The highest BCUT2D eigenvalue weighted by molar-refractivity contribution is 7.92. The number of hydrogen-bond donors (Lipinski definition) is 0. The van der Waals surface area contributed by atoms with Gasteiger partial charge in [0.15, 0.2) is 0 Å². The van der Waals surface area contributed by atoms with Gasteiger partial charge in [0, 0.05) is 12.1 Å². The predicted octanol–water partition coefficient (Wildman–Crippen LogP) is 2.54. The first-order chi connectivity index (χ1) is 7.57. The van der Waals surface area contributed by atoms with Crippen molar-refractivity contribution in [1.82, 2.24) is 0 Å². The molecule has 0 fully saturated rings. The number of nitro benzene ring substituents is 1. The third-order valence-corrected chi connectivity index (χ3v) is 3.69. The fraction of sp³-hybridized carbons (Fsp3) is 0.143. The van der Waals surface area contributed by atoms with Gasteiger partial charge in [0.1, 0.15) is 0 Å². The first-order valence-electron chi connectivity index (χ1n) is 3.82. The number of hydrogen-bond acceptors (Lipinski definition) is 4. The Bertz CT molecular complexity index is 569. The Morgan fingerprint density at radius 2 is 1.82 bits per heavy atom. The fourth-order valence-corrected chi connectivity index (χ4v) is 2.24. The quantitative estimate of drug-likeness (QED) is 0.619. The van der Waals surface area contributed by atoms with Gasteiger partial charge in [-0.1, -0.05) is 11.6 Å². The molecule has 1 aromatic carbocycles. The third-order valence-electron chi connectivity index (χ3n) is 1.72. The van der Waals surface area contributed by atoms with Crippen LogP contribution >= 0.6 is 11.6 Å². The summed E-state index contributed by atoms with van der Waals surface area (Å²) in [5.74, 6) is 0. The predicted molar refractivity (Wildman–Crippen MR) is 51.3 cm³/mol. The smallest absolute Gasteiger partial charge is 0.258 e. The van der Waals surface area contributed by atoms with Gasteiger partial charge in [-0.2, -0.15) is 13.2 Å². The van der Waals surface area contributed by atoms with Crippen molar-refractivity contribution >= 4 is 27.1 Å². The first kappa shape index (κ1) is 13.7. The topological polar surface area (TPSA) is 77.3 Å².